The molecule has 2 fully saturated rings. The number of carboxylic acids is 1. The van der Waals surface area contributed by atoms with E-state index in [0.29, 0.717) is 12.4 Å². The lowest BCUT2D eigenvalue weighted by Crippen LogP contribution is -2.41. The van der Waals surface area contributed by atoms with Crippen LogP contribution in [0.5, 0.6) is 5.88 Å². The number of rotatable bonds is 6. The molecule has 6 nitrogen and oxygen atoms in total. The van der Waals surface area contributed by atoms with Crippen molar-refractivity contribution in [3.05, 3.63) is 36.5 Å². The molecule has 1 aromatic heterocycles. The maximum Gasteiger partial charge on any atom is 0.311 e. The van der Waals surface area contributed by atoms with E-state index in [1.165, 1.54) is 0 Å². The molecule has 2 aliphatic rings. The van der Waals surface area contributed by atoms with Crippen molar-refractivity contribution < 1.29 is 14.6 Å². The summed E-state index contributed by atoms with van der Waals surface area (Å²) in [6.07, 6.45) is 5.22. The number of carboxylic acid groups (broad SMARTS) is 1. The number of hydrogen-bond donors (Lipinski definition) is 1. The number of aliphatic carboxylic acids is 1. The fraction of sp³-hybridized carbons (Fsp3) is 0.579. The monoisotopic (exact) mass is 345 g/mol. The molecule has 0 unspecified atom stereocenters. The lowest BCUT2D eigenvalue weighted by molar-refractivity contribution is -0.151. The van der Waals surface area contributed by atoms with Crippen molar-refractivity contribution in [2.45, 2.75) is 19.4 Å². The molecule has 25 heavy (non-hydrogen) atoms. The van der Waals surface area contributed by atoms with Gasteiger partial charge in [-0.25, -0.2) is 4.98 Å². The molecule has 3 rings (SSSR count). The minimum absolute atomic E-state index is 0.134. The second kappa shape index (κ2) is 7.54. The van der Waals surface area contributed by atoms with Crippen LogP contribution in [-0.2, 0) is 11.3 Å². The Balaban J connectivity index is 1.78. The van der Waals surface area contributed by atoms with Gasteiger partial charge in [0.15, 0.2) is 0 Å². The number of aromatic nitrogens is 1. The van der Waals surface area contributed by atoms with E-state index >= 15 is 0 Å². The molecular weight excluding hydrogens is 318 g/mol. The number of pyridine rings is 1. The van der Waals surface area contributed by atoms with Gasteiger partial charge in [-0.15, -0.1) is 6.58 Å². The molecular formula is C19H27N3O3. The molecule has 0 aliphatic carbocycles. The van der Waals surface area contributed by atoms with Crippen molar-refractivity contribution in [3.63, 3.8) is 0 Å². The molecule has 2 saturated heterocycles. The predicted octanol–water partition coefficient (Wildman–Crippen LogP) is 1.87. The number of fused-ring (bicyclic) bond motifs is 1. The second-order valence-electron chi connectivity index (χ2n) is 7.15. The summed E-state index contributed by atoms with van der Waals surface area (Å²) in [5, 5.41) is 9.97. The zero-order valence-electron chi connectivity index (χ0n) is 14.9. The van der Waals surface area contributed by atoms with Crippen LogP contribution in [0.4, 0.5) is 0 Å². The van der Waals surface area contributed by atoms with Crippen molar-refractivity contribution in [2.75, 3.05) is 39.8 Å². The van der Waals surface area contributed by atoms with Gasteiger partial charge in [-0.1, -0.05) is 12.1 Å². The van der Waals surface area contributed by atoms with Gasteiger partial charge in [0.2, 0.25) is 5.88 Å². The minimum atomic E-state index is -0.648. The van der Waals surface area contributed by atoms with E-state index in [1.807, 2.05) is 18.2 Å². The third-order valence-corrected chi connectivity index (χ3v) is 5.59. The van der Waals surface area contributed by atoms with E-state index in [2.05, 4.69) is 21.4 Å². The number of nitrogens with zero attached hydrogens (tertiary/aromatic N) is 3. The smallest absolute Gasteiger partial charge is 0.311 e. The first-order valence-electron chi connectivity index (χ1n) is 8.86. The summed E-state index contributed by atoms with van der Waals surface area (Å²) in [6, 6.07) is 3.94. The van der Waals surface area contributed by atoms with E-state index < -0.39 is 11.4 Å². The first-order valence-corrected chi connectivity index (χ1v) is 8.86. The second-order valence-corrected chi connectivity index (χ2v) is 7.15. The average molecular weight is 345 g/mol. The molecule has 3 heterocycles. The number of carbonyl (C=O) groups is 1. The summed E-state index contributed by atoms with van der Waals surface area (Å²) in [5.74, 6) is 0.135. The van der Waals surface area contributed by atoms with E-state index in [1.54, 1.807) is 13.3 Å². The van der Waals surface area contributed by atoms with Crippen molar-refractivity contribution in [2.24, 2.45) is 11.3 Å². The van der Waals surface area contributed by atoms with Crippen molar-refractivity contribution in [1.29, 1.82) is 0 Å². The molecule has 0 spiro atoms. The molecule has 6 heteroatoms. The summed E-state index contributed by atoms with van der Waals surface area (Å²) in [5.41, 5.74) is 0.422. The summed E-state index contributed by atoms with van der Waals surface area (Å²) in [6.45, 7) is 8.43. The molecule has 1 aromatic rings. The molecule has 0 radical (unpaired) electrons. The van der Waals surface area contributed by atoms with Crippen LogP contribution in [0.25, 0.3) is 0 Å². The molecule has 0 bridgehead atoms. The van der Waals surface area contributed by atoms with Gasteiger partial charge in [0.25, 0.3) is 0 Å². The number of ether oxygens (including phenoxy) is 1. The van der Waals surface area contributed by atoms with Gasteiger partial charge < -0.3 is 9.84 Å². The van der Waals surface area contributed by atoms with Crippen molar-refractivity contribution in [3.8, 4) is 5.88 Å². The lowest BCUT2D eigenvalue weighted by Gasteiger charge is -2.29. The maximum absolute atomic E-state index is 12.1. The zero-order valence-corrected chi connectivity index (χ0v) is 14.9. The third kappa shape index (κ3) is 3.55. The van der Waals surface area contributed by atoms with E-state index in [4.69, 9.17) is 4.74 Å². The van der Waals surface area contributed by atoms with Gasteiger partial charge in [-0.2, -0.15) is 0 Å². The quantitative estimate of drug-likeness (QED) is 0.794. The van der Waals surface area contributed by atoms with Crippen molar-refractivity contribution >= 4 is 5.97 Å². The first-order chi connectivity index (χ1) is 12.1. The molecule has 0 amide bonds. The third-order valence-electron chi connectivity index (χ3n) is 5.59. The van der Waals surface area contributed by atoms with Crippen LogP contribution < -0.4 is 4.74 Å². The molecule has 0 saturated carbocycles. The predicted molar refractivity (Wildman–Crippen MR) is 95.5 cm³/mol. The van der Waals surface area contributed by atoms with Gasteiger partial charge in [-0.05, 0) is 25.5 Å². The van der Waals surface area contributed by atoms with Gasteiger partial charge in [0, 0.05) is 50.4 Å². The molecule has 0 aromatic carbocycles. The van der Waals surface area contributed by atoms with Crippen LogP contribution in [0.3, 0.4) is 0 Å². The number of methoxy groups -OCH3 is 1. The molecule has 1 N–H and O–H groups in total. The Hall–Kier alpha value is -1.92. The highest BCUT2D eigenvalue weighted by Crippen LogP contribution is 2.43. The highest BCUT2D eigenvalue weighted by atomic mass is 16.5. The summed E-state index contributed by atoms with van der Waals surface area (Å²) >= 11 is 0. The van der Waals surface area contributed by atoms with Crippen LogP contribution in [0.15, 0.2) is 31.0 Å². The number of likely N-dealkylation sites (tertiary alicyclic amines) is 2. The van der Waals surface area contributed by atoms with E-state index in [9.17, 15) is 9.90 Å². The Morgan fingerprint density at radius 1 is 1.52 bits per heavy atom. The summed E-state index contributed by atoms with van der Waals surface area (Å²) in [7, 11) is 1.63. The Kier molecular flexibility index (Phi) is 5.39. The standard InChI is InChI=1S/C19H27N3O3/c1-3-9-22-13-16-12-21(10-5-7-19(16,14-22)18(23)24)11-15-6-4-8-20-17(15)25-2/h3-4,6,8,16H,1,5,7,9-14H2,2H3,(H,23,24)/t16-,19-/m1/s1. The van der Waals surface area contributed by atoms with Gasteiger partial charge in [0.1, 0.15) is 0 Å². The highest BCUT2D eigenvalue weighted by Gasteiger charge is 2.52. The Morgan fingerprint density at radius 2 is 2.32 bits per heavy atom. The maximum atomic E-state index is 12.1. The van der Waals surface area contributed by atoms with Crippen LogP contribution in [0.1, 0.15) is 18.4 Å². The van der Waals surface area contributed by atoms with E-state index in [0.717, 1.165) is 51.1 Å². The first kappa shape index (κ1) is 17.9. The van der Waals surface area contributed by atoms with Crippen LogP contribution >= 0.6 is 0 Å². The fourth-order valence-corrected chi connectivity index (χ4v) is 4.40. The Labute approximate surface area is 149 Å². The highest BCUT2D eigenvalue weighted by molar-refractivity contribution is 5.76. The number of hydrogen-bond acceptors (Lipinski definition) is 5. The zero-order chi connectivity index (χ0) is 17.9. The molecule has 2 atom stereocenters. The molecule has 136 valence electrons. The van der Waals surface area contributed by atoms with Gasteiger partial charge >= 0.3 is 5.97 Å². The Bertz CT molecular complexity index is 636. The summed E-state index contributed by atoms with van der Waals surface area (Å²) in [4.78, 5) is 21.0. The normalized spacial score (nSPS) is 27.5. The van der Waals surface area contributed by atoms with Crippen molar-refractivity contribution in [1.82, 2.24) is 14.8 Å². The van der Waals surface area contributed by atoms with Crippen LogP contribution in [0, 0.1) is 11.3 Å². The topological polar surface area (TPSA) is 65.9 Å². The fourth-order valence-electron chi connectivity index (χ4n) is 4.40. The van der Waals surface area contributed by atoms with Gasteiger partial charge in [0.05, 0.1) is 12.5 Å². The largest absolute Gasteiger partial charge is 0.481 e. The minimum Gasteiger partial charge on any atom is -0.481 e. The van der Waals surface area contributed by atoms with E-state index in [-0.39, 0.29) is 5.92 Å². The summed E-state index contributed by atoms with van der Waals surface area (Å²) < 4.78 is 5.36. The lowest BCUT2D eigenvalue weighted by atomic mass is 9.75. The Morgan fingerprint density at radius 3 is 3.04 bits per heavy atom. The average Bonchev–Trinajstić information content (AvgIpc) is 2.85. The molecule has 2 aliphatic heterocycles. The van der Waals surface area contributed by atoms with Crippen LogP contribution in [0.2, 0.25) is 0 Å². The van der Waals surface area contributed by atoms with Crippen LogP contribution in [-0.4, -0.2) is 65.7 Å². The SMILES string of the molecule is C=CCN1C[C@H]2CN(Cc3cccnc3OC)CCC[C@@]2(C(=O)O)C1. The van der Waals surface area contributed by atoms with Gasteiger partial charge in [-0.3, -0.25) is 14.6 Å².